The van der Waals surface area contributed by atoms with Gasteiger partial charge in [-0.15, -0.1) is 0 Å². The van der Waals surface area contributed by atoms with Crippen molar-refractivity contribution in [2.75, 3.05) is 5.32 Å². The molecule has 0 fully saturated rings. The molecule has 0 unspecified atom stereocenters. The number of hydrogen-bond donors (Lipinski definition) is 3. The molecule has 4 rings (SSSR count). The number of hydrogen-bond acceptors (Lipinski definition) is 2. The van der Waals surface area contributed by atoms with Crippen LogP contribution in [0.15, 0.2) is 54.9 Å². The molecule has 0 saturated carbocycles. The van der Waals surface area contributed by atoms with Crippen molar-refractivity contribution in [1.29, 1.82) is 0 Å². The van der Waals surface area contributed by atoms with Crippen molar-refractivity contribution in [3.63, 3.8) is 0 Å². The Balaban J connectivity index is 1.67. The average Bonchev–Trinajstić information content (AvgIpc) is 3.13. The van der Waals surface area contributed by atoms with Gasteiger partial charge in [-0.2, -0.15) is 5.10 Å². The summed E-state index contributed by atoms with van der Waals surface area (Å²) in [5, 5.41) is 13.0. The molecule has 0 radical (unpaired) electrons. The molecule has 0 saturated heterocycles. The highest BCUT2D eigenvalue weighted by atomic mass is 15.1. The topological polar surface area (TPSA) is 56.5 Å². The number of nitrogens with one attached hydrogen (secondary N) is 3. The molecule has 0 aliphatic carbocycles. The zero-order chi connectivity index (χ0) is 13.4. The van der Waals surface area contributed by atoms with Crippen LogP contribution in [0.2, 0.25) is 0 Å². The van der Waals surface area contributed by atoms with Gasteiger partial charge in [-0.1, -0.05) is 30.3 Å². The first-order chi connectivity index (χ1) is 9.92. The molecule has 0 aliphatic rings. The van der Waals surface area contributed by atoms with Gasteiger partial charge in [0.15, 0.2) is 0 Å². The van der Waals surface area contributed by atoms with Gasteiger partial charge in [-0.25, -0.2) is 0 Å². The van der Waals surface area contributed by atoms with Gasteiger partial charge in [0.2, 0.25) is 0 Å². The van der Waals surface area contributed by atoms with E-state index in [1.807, 2.05) is 18.5 Å². The Morgan fingerprint density at radius 1 is 0.950 bits per heavy atom. The molecule has 4 aromatic rings. The Hall–Kier alpha value is -2.75. The second kappa shape index (κ2) is 4.42. The van der Waals surface area contributed by atoms with Crippen LogP contribution in [0, 0.1) is 0 Å². The van der Waals surface area contributed by atoms with Gasteiger partial charge in [0, 0.05) is 18.1 Å². The predicted molar refractivity (Wildman–Crippen MR) is 81.7 cm³/mol. The zero-order valence-electron chi connectivity index (χ0n) is 10.9. The summed E-state index contributed by atoms with van der Waals surface area (Å²) < 4.78 is 0. The summed E-state index contributed by atoms with van der Waals surface area (Å²) in [5.41, 5.74) is 4.57. The Morgan fingerprint density at radius 2 is 1.85 bits per heavy atom. The lowest BCUT2D eigenvalue weighted by molar-refractivity contribution is 1.11. The molecule has 20 heavy (non-hydrogen) atoms. The maximum Gasteiger partial charge on any atom is 0.0881 e. The molecule has 0 spiro atoms. The number of anilines is 1. The highest BCUT2D eigenvalue weighted by molar-refractivity contribution is 5.90. The molecule has 2 aromatic heterocycles. The lowest BCUT2D eigenvalue weighted by Crippen LogP contribution is -2.00. The van der Waals surface area contributed by atoms with E-state index in [0.29, 0.717) is 0 Å². The summed E-state index contributed by atoms with van der Waals surface area (Å²) in [7, 11) is 0. The summed E-state index contributed by atoms with van der Waals surface area (Å²) >= 11 is 0. The minimum absolute atomic E-state index is 0.774. The second-order valence-electron chi connectivity index (χ2n) is 4.85. The van der Waals surface area contributed by atoms with E-state index < -0.39 is 0 Å². The van der Waals surface area contributed by atoms with E-state index in [1.54, 1.807) is 0 Å². The molecular weight excluding hydrogens is 248 g/mol. The first kappa shape index (κ1) is 11.1. The minimum Gasteiger partial charge on any atom is -0.379 e. The number of para-hydroxylation sites is 2. The molecule has 4 heteroatoms. The Morgan fingerprint density at radius 3 is 2.85 bits per heavy atom. The summed E-state index contributed by atoms with van der Waals surface area (Å²) in [6.45, 7) is 0.774. The minimum atomic E-state index is 0.774. The standard InChI is InChI=1S/C16H14N4/c1-3-11-7-8-17-15(11)12(4-1)9-18-14-6-2-5-13-10-19-20-16(13)14/h1-8,10,17-18H,9H2,(H,19,20). The largest absolute Gasteiger partial charge is 0.379 e. The molecule has 0 bridgehead atoms. The quantitative estimate of drug-likeness (QED) is 0.528. The molecule has 98 valence electrons. The van der Waals surface area contributed by atoms with Crippen molar-refractivity contribution >= 4 is 27.5 Å². The van der Waals surface area contributed by atoms with E-state index in [2.05, 4.69) is 56.9 Å². The van der Waals surface area contributed by atoms with Crippen LogP contribution in [-0.2, 0) is 6.54 Å². The molecule has 2 heterocycles. The molecule has 0 amide bonds. The number of aromatic nitrogens is 3. The fraction of sp³-hybridized carbons (Fsp3) is 0.0625. The van der Waals surface area contributed by atoms with Crippen LogP contribution >= 0.6 is 0 Å². The van der Waals surface area contributed by atoms with Crippen LogP contribution in [0.1, 0.15) is 5.56 Å². The van der Waals surface area contributed by atoms with Crippen LogP contribution in [0.5, 0.6) is 0 Å². The van der Waals surface area contributed by atoms with Gasteiger partial charge in [-0.3, -0.25) is 5.10 Å². The van der Waals surface area contributed by atoms with E-state index in [-0.39, 0.29) is 0 Å². The number of rotatable bonds is 3. The molecule has 3 N–H and O–H groups in total. The lowest BCUT2D eigenvalue weighted by atomic mass is 10.1. The Bertz CT molecular complexity index is 798. The van der Waals surface area contributed by atoms with Crippen LogP contribution in [0.25, 0.3) is 21.8 Å². The van der Waals surface area contributed by atoms with Crippen molar-refractivity contribution in [1.82, 2.24) is 15.2 Å². The van der Waals surface area contributed by atoms with Gasteiger partial charge >= 0.3 is 0 Å². The third-order valence-corrected chi connectivity index (χ3v) is 3.62. The molecule has 0 atom stereocenters. The third kappa shape index (κ3) is 1.73. The summed E-state index contributed by atoms with van der Waals surface area (Å²) in [5.74, 6) is 0. The monoisotopic (exact) mass is 262 g/mol. The number of H-pyrrole nitrogens is 2. The van der Waals surface area contributed by atoms with E-state index in [1.165, 1.54) is 16.5 Å². The van der Waals surface area contributed by atoms with Crippen LogP contribution in [0.4, 0.5) is 5.69 Å². The maximum atomic E-state index is 4.09. The molecule has 2 aromatic carbocycles. The summed E-state index contributed by atoms with van der Waals surface area (Å²) in [6.07, 6.45) is 3.82. The van der Waals surface area contributed by atoms with Crippen molar-refractivity contribution in [3.05, 3.63) is 60.4 Å². The van der Waals surface area contributed by atoms with Crippen molar-refractivity contribution in [2.45, 2.75) is 6.54 Å². The maximum absolute atomic E-state index is 4.09. The number of nitrogens with zero attached hydrogens (tertiary/aromatic N) is 1. The van der Waals surface area contributed by atoms with Crippen LogP contribution in [0.3, 0.4) is 0 Å². The first-order valence-corrected chi connectivity index (χ1v) is 6.63. The van der Waals surface area contributed by atoms with Gasteiger partial charge < -0.3 is 10.3 Å². The van der Waals surface area contributed by atoms with Crippen LogP contribution < -0.4 is 5.32 Å². The van der Waals surface area contributed by atoms with Crippen molar-refractivity contribution in [3.8, 4) is 0 Å². The van der Waals surface area contributed by atoms with Gasteiger partial charge in [0.25, 0.3) is 0 Å². The van der Waals surface area contributed by atoms with Gasteiger partial charge in [0.1, 0.15) is 0 Å². The van der Waals surface area contributed by atoms with Crippen molar-refractivity contribution in [2.24, 2.45) is 0 Å². The van der Waals surface area contributed by atoms with Crippen molar-refractivity contribution < 1.29 is 0 Å². The number of aromatic amines is 2. The first-order valence-electron chi connectivity index (χ1n) is 6.63. The Labute approximate surface area is 115 Å². The van der Waals surface area contributed by atoms with E-state index in [0.717, 1.165) is 23.1 Å². The number of fused-ring (bicyclic) bond motifs is 2. The highest BCUT2D eigenvalue weighted by Crippen LogP contribution is 2.22. The summed E-state index contributed by atoms with van der Waals surface area (Å²) in [6, 6.07) is 14.6. The average molecular weight is 262 g/mol. The smallest absolute Gasteiger partial charge is 0.0881 e. The molecule has 0 aliphatic heterocycles. The Kier molecular flexibility index (Phi) is 2.45. The summed E-state index contributed by atoms with van der Waals surface area (Å²) in [4.78, 5) is 3.30. The van der Waals surface area contributed by atoms with E-state index >= 15 is 0 Å². The van der Waals surface area contributed by atoms with E-state index in [4.69, 9.17) is 0 Å². The highest BCUT2D eigenvalue weighted by Gasteiger charge is 2.04. The SMILES string of the molecule is c1cc(CNc2cccc3cn[nH]c23)c2[nH]ccc2c1. The fourth-order valence-electron chi connectivity index (χ4n) is 2.60. The normalized spacial score (nSPS) is 11.2. The molecular formula is C16H14N4. The lowest BCUT2D eigenvalue weighted by Gasteiger charge is -2.08. The van der Waals surface area contributed by atoms with Gasteiger partial charge in [0.05, 0.1) is 22.9 Å². The van der Waals surface area contributed by atoms with Crippen LogP contribution in [-0.4, -0.2) is 15.2 Å². The fourth-order valence-corrected chi connectivity index (χ4v) is 2.60. The number of benzene rings is 2. The third-order valence-electron chi connectivity index (χ3n) is 3.62. The predicted octanol–water partition coefficient (Wildman–Crippen LogP) is 3.66. The second-order valence-corrected chi connectivity index (χ2v) is 4.85. The zero-order valence-corrected chi connectivity index (χ0v) is 10.9. The van der Waals surface area contributed by atoms with Gasteiger partial charge in [-0.05, 0) is 23.1 Å². The molecule has 4 nitrogen and oxygen atoms in total. The van der Waals surface area contributed by atoms with E-state index in [9.17, 15) is 0 Å².